The van der Waals surface area contributed by atoms with Crippen molar-refractivity contribution in [1.82, 2.24) is 0 Å². The van der Waals surface area contributed by atoms with Crippen molar-refractivity contribution in [2.45, 2.75) is 66.2 Å². The van der Waals surface area contributed by atoms with Crippen LogP contribution in [0.1, 0.15) is 72.2 Å². The highest BCUT2D eigenvalue weighted by atomic mass is 32.1. The molecule has 0 N–H and O–H groups in total. The van der Waals surface area contributed by atoms with Gasteiger partial charge in [0.25, 0.3) is 0 Å². The summed E-state index contributed by atoms with van der Waals surface area (Å²) in [6.45, 7) is 18.6. The van der Waals surface area contributed by atoms with E-state index in [1.165, 1.54) is 174 Å². The summed E-state index contributed by atoms with van der Waals surface area (Å²) in [6.07, 6.45) is 0. The molecule has 4 heteroatoms. The van der Waals surface area contributed by atoms with Crippen LogP contribution in [0.15, 0.2) is 291 Å². The van der Waals surface area contributed by atoms with E-state index < -0.39 is 0 Å². The number of rotatable bonds is 11. The molecule has 2 aliphatic carbocycles. The highest BCUT2D eigenvalue weighted by Crippen LogP contribution is 2.54. The van der Waals surface area contributed by atoms with Gasteiger partial charge in [-0.2, -0.15) is 0 Å². The van der Waals surface area contributed by atoms with Gasteiger partial charge in [0.15, 0.2) is 0 Å². The Morgan fingerprint density at radius 1 is 0.235 bits per heavy atom. The number of anilines is 6. The summed E-state index contributed by atoms with van der Waals surface area (Å²) in [5.41, 5.74) is 34.3. The maximum Gasteiger partial charge on any atom is 0.0569 e. The van der Waals surface area contributed by atoms with Crippen LogP contribution >= 0.6 is 22.7 Å². The highest BCUT2D eigenvalue weighted by molar-refractivity contribution is 7.26. The standard InChI is InChI=1S/C94H72N2S2/c1-57-19-17-25-71(67-39-49-89-79(53-67)77-23-11-15-29-87(77)97-89)91(57)95(69-41-31-61(32-42-69)65-35-45-75-73-21-9-13-27-81(73)93(5,6)83(75)55-65)85-47-37-63(51-59(85)3)64-38-48-86(60(4)52-64)96(92-58(2)20-18-26-72(92)68-40-50-90-80(54-68)78-24-12-16-30-88(78)98-90)70-43-33-62(34-44-70)66-36-46-76-74-22-10-14-28-82(74)94(7,8)84(76)56-66/h9-56H,1-8H3. The molecule has 2 aromatic heterocycles. The SMILES string of the molecule is Cc1cc(-c2ccc(N(c3ccc(-c4ccc5c(c4)C(C)(C)c4ccccc4-5)cc3)c3c(C)cccc3-c3ccc4sc5ccccc5c4c3)c(C)c2)ccc1N(c1ccc(-c2ccc3c(c2)C(C)(C)c2ccccc2-3)cc1)c1c(C)cccc1-c1ccc2sc3ccccc3c2c1. The molecule has 0 atom stereocenters. The van der Waals surface area contributed by atoms with Gasteiger partial charge in [-0.05, 0) is 236 Å². The molecule has 14 aromatic carbocycles. The zero-order chi connectivity index (χ0) is 66.3. The Bertz CT molecular complexity index is 5570. The van der Waals surface area contributed by atoms with Crippen molar-refractivity contribution >= 4 is 97.1 Å². The first-order chi connectivity index (χ1) is 47.7. The van der Waals surface area contributed by atoms with Gasteiger partial charge in [0.2, 0.25) is 0 Å². The summed E-state index contributed by atoms with van der Waals surface area (Å²) in [5.74, 6) is 0. The Morgan fingerprint density at radius 2 is 0.571 bits per heavy atom. The van der Waals surface area contributed by atoms with E-state index in [1.54, 1.807) is 0 Å². The molecular formula is C94H72N2S2. The van der Waals surface area contributed by atoms with Gasteiger partial charge in [0.05, 0.1) is 11.4 Å². The maximum absolute atomic E-state index is 2.52. The van der Waals surface area contributed by atoms with Gasteiger partial charge < -0.3 is 9.80 Å². The first-order valence-corrected chi connectivity index (χ1v) is 35.9. The minimum Gasteiger partial charge on any atom is -0.309 e. The summed E-state index contributed by atoms with van der Waals surface area (Å²) in [7, 11) is 0. The fourth-order valence-electron chi connectivity index (χ4n) is 16.5. The van der Waals surface area contributed by atoms with Crippen LogP contribution in [0.4, 0.5) is 34.1 Å². The van der Waals surface area contributed by atoms with Crippen LogP contribution in [0, 0.1) is 27.7 Å². The number of nitrogens with zero attached hydrogens (tertiary/aromatic N) is 2. The van der Waals surface area contributed by atoms with Crippen LogP contribution in [0.25, 0.3) is 118 Å². The Hall–Kier alpha value is -10.9. The normalized spacial score (nSPS) is 13.3. The molecule has 18 rings (SSSR count). The quantitative estimate of drug-likeness (QED) is 0.127. The molecule has 0 spiro atoms. The molecular weight excluding hydrogens is 1220 g/mol. The Kier molecular flexibility index (Phi) is 13.9. The second-order valence-electron chi connectivity index (χ2n) is 28.2. The van der Waals surface area contributed by atoms with Gasteiger partial charge in [0.1, 0.15) is 0 Å². The third-order valence-electron chi connectivity index (χ3n) is 21.6. The van der Waals surface area contributed by atoms with E-state index in [-0.39, 0.29) is 10.8 Å². The lowest BCUT2D eigenvalue weighted by atomic mass is 9.81. The number of benzene rings is 14. The van der Waals surface area contributed by atoms with Gasteiger partial charge >= 0.3 is 0 Å². The summed E-state index contributed by atoms with van der Waals surface area (Å²) < 4.78 is 5.22. The molecule has 0 saturated heterocycles. The first-order valence-electron chi connectivity index (χ1n) is 34.3. The molecule has 0 fully saturated rings. The second kappa shape index (κ2) is 22.9. The number of thiophene rings is 2. The van der Waals surface area contributed by atoms with Crippen molar-refractivity contribution in [3.63, 3.8) is 0 Å². The van der Waals surface area contributed by atoms with Crippen molar-refractivity contribution in [2.75, 3.05) is 9.80 Å². The molecule has 98 heavy (non-hydrogen) atoms. The fourth-order valence-corrected chi connectivity index (χ4v) is 18.7. The number of hydrogen-bond acceptors (Lipinski definition) is 4. The lowest BCUT2D eigenvalue weighted by Crippen LogP contribution is -2.15. The molecule has 16 aromatic rings. The average Bonchev–Trinajstić information content (AvgIpc) is 1.48. The van der Waals surface area contributed by atoms with E-state index in [0.717, 1.165) is 22.7 Å². The Morgan fingerprint density at radius 3 is 1.00 bits per heavy atom. The Balaban J connectivity index is 0.743. The van der Waals surface area contributed by atoms with Crippen LogP contribution in [0.3, 0.4) is 0 Å². The molecule has 0 saturated carbocycles. The van der Waals surface area contributed by atoms with Crippen molar-refractivity contribution in [3.8, 4) is 77.9 Å². The molecule has 470 valence electrons. The zero-order valence-electron chi connectivity index (χ0n) is 56.4. The van der Waals surface area contributed by atoms with Gasteiger partial charge in [-0.25, -0.2) is 0 Å². The van der Waals surface area contributed by atoms with Crippen LogP contribution in [0.5, 0.6) is 0 Å². The maximum atomic E-state index is 2.52. The first kappa shape index (κ1) is 59.6. The summed E-state index contributed by atoms with van der Waals surface area (Å²) in [6, 6.07) is 110. The predicted octanol–water partition coefficient (Wildman–Crippen LogP) is 27.5. The number of aryl methyl sites for hydroxylation is 4. The van der Waals surface area contributed by atoms with Crippen LogP contribution in [-0.2, 0) is 10.8 Å². The van der Waals surface area contributed by atoms with Crippen LogP contribution < -0.4 is 9.80 Å². The van der Waals surface area contributed by atoms with Gasteiger partial charge in [-0.1, -0.05) is 222 Å². The van der Waals surface area contributed by atoms with E-state index >= 15 is 0 Å². The van der Waals surface area contributed by atoms with E-state index in [0.29, 0.717) is 0 Å². The molecule has 0 unspecified atom stereocenters. The lowest BCUT2D eigenvalue weighted by Gasteiger charge is -2.32. The largest absolute Gasteiger partial charge is 0.309 e. The van der Waals surface area contributed by atoms with E-state index in [4.69, 9.17) is 0 Å². The lowest BCUT2D eigenvalue weighted by molar-refractivity contribution is 0.660. The summed E-state index contributed by atoms with van der Waals surface area (Å²) >= 11 is 3.73. The molecule has 0 aliphatic heterocycles. The van der Waals surface area contributed by atoms with Crippen LogP contribution in [-0.4, -0.2) is 0 Å². The topological polar surface area (TPSA) is 6.48 Å². The van der Waals surface area contributed by atoms with E-state index in [1.807, 2.05) is 22.7 Å². The Labute approximate surface area is 582 Å². The van der Waals surface area contributed by atoms with E-state index in [2.05, 4.69) is 356 Å². The summed E-state index contributed by atoms with van der Waals surface area (Å²) in [5, 5.41) is 5.19. The second-order valence-corrected chi connectivity index (χ2v) is 30.4. The predicted molar refractivity (Wildman–Crippen MR) is 423 cm³/mol. The minimum absolute atomic E-state index is 0.0880. The van der Waals surface area contributed by atoms with Crippen LogP contribution in [0.2, 0.25) is 0 Å². The van der Waals surface area contributed by atoms with Crippen molar-refractivity contribution in [1.29, 1.82) is 0 Å². The molecule has 2 aliphatic rings. The van der Waals surface area contributed by atoms with Gasteiger partial charge in [-0.3, -0.25) is 0 Å². The number of hydrogen-bond donors (Lipinski definition) is 0. The smallest absolute Gasteiger partial charge is 0.0569 e. The van der Waals surface area contributed by atoms with Crippen molar-refractivity contribution in [3.05, 3.63) is 336 Å². The molecule has 0 amide bonds. The third-order valence-corrected chi connectivity index (χ3v) is 23.9. The fraction of sp³-hybridized carbons (Fsp3) is 0.106. The number of fused-ring (bicyclic) bond motifs is 12. The molecule has 0 bridgehead atoms. The molecule has 2 heterocycles. The summed E-state index contributed by atoms with van der Waals surface area (Å²) in [4.78, 5) is 5.04. The monoisotopic (exact) mass is 1290 g/mol. The van der Waals surface area contributed by atoms with Crippen molar-refractivity contribution in [2.24, 2.45) is 0 Å². The zero-order valence-corrected chi connectivity index (χ0v) is 58.1. The molecule has 0 radical (unpaired) electrons. The molecule has 2 nitrogen and oxygen atoms in total. The third kappa shape index (κ3) is 9.55. The number of para-hydroxylation sites is 2. The van der Waals surface area contributed by atoms with Crippen molar-refractivity contribution < 1.29 is 0 Å². The highest BCUT2D eigenvalue weighted by Gasteiger charge is 2.37. The van der Waals surface area contributed by atoms with Gasteiger partial charge in [-0.15, -0.1) is 22.7 Å². The average molecular weight is 1290 g/mol. The van der Waals surface area contributed by atoms with E-state index in [9.17, 15) is 0 Å². The minimum atomic E-state index is -0.0880. The van der Waals surface area contributed by atoms with Gasteiger partial charge in [0, 0.05) is 85.1 Å².